The van der Waals surface area contributed by atoms with E-state index in [-0.39, 0.29) is 12.6 Å². The third kappa shape index (κ3) is 5.78. The Morgan fingerprint density at radius 3 is 1.96 bits per heavy atom. The first-order chi connectivity index (χ1) is 13.1. The highest BCUT2D eigenvalue weighted by Crippen LogP contribution is 2.30. The molecule has 0 N–H and O–H groups in total. The van der Waals surface area contributed by atoms with Crippen LogP contribution in [0.25, 0.3) is 0 Å². The minimum atomic E-state index is -0.685. The zero-order chi connectivity index (χ0) is 19.1. The summed E-state index contributed by atoms with van der Waals surface area (Å²) in [6.07, 6.45) is -1.41. The number of ether oxygens (including phenoxy) is 4. The maximum atomic E-state index is 11.2. The van der Waals surface area contributed by atoms with Gasteiger partial charge in [0.05, 0.1) is 13.2 Å². The van der Waals surface area contributed by atoms with Crippen LogP contribution in [0, 0.1) is 0 Å². The summed E-state index contributed by atoms with van der Waals surface area (Å²) in [5, 5.41) is 0. The predicted octanol–water partition coefficient (Wildman–Crippen LogP) is 3.68. The van der Waals surface area contributed by atoms with Gasteiger partial charge in [-0.3, -0.25) is 4.79 Å². The van der Waals surface area contributed by atoms with Crippen LogP contribution in [0.3, 0.4) is 0 Å². The Morgan fingerprint density at radius 1 is 0.926 bits per heavy atom. The highest BCUT2D eigenvalue weighted by molar-refractivity contribution is 6.20. The third-order valence-corrected chi connectivity index (χ3v) is 4.63. The minimum Gasteiger partial charge on any atom is -0.463 e. The predicted molar refractivity (Wildman–Crippen MR) is 101 cm³/mol. The van der Waals surface area contributed by atoms with Crippen LogP contribution < -0.4 is 0 Å². The number of halogens is 1. The molecule has 0 bridgehead atoms. The van der Waals surface area contributed by atoms with Crippen LogP contribution in [0.5, 0.6) is 0 Å². The van der Waals surface area contributed by atoms with Gasteiger partial charge in [0.2, 0.25) is 0 Å². The van der Waals surface area contributed by atoms with E-state index in [2.05, 4.69) is 0 Å². The number of rotatable bonds is 8. The Bertz CT molecular complexity index is 709. The fourth-order valence-electron chi connectivity index (χ4n) is 2.92. The molecule has 0 saturated carbocycles. The topological polar surface area (TPSA) is 54.0 Å². The molecule has 27 heavy (non-hydrogen) atoms. The second kappa shape index (κ2) is 9.85. The van der Waals surface area contributed by atoms with E-state index >= 15 is 0 Å². The number of benzene rings is 2. The van der Waals surface area contributed by atoms with E-state index in [9.17, 15) is 4.79 Å². The maximum absolute atomic E-state index is 11.2. The van der Waals surface area contributed by atoms with Crippen molar-refractivity contribution in [2.24, 2.45) is 0 Å². The summed E-state index contributed by atoms with van der Waals surface area (Å²) in [7, 11) is 0. The van der Waals surface area contributed by atoms with Gasteiger partial charge in [-0.15, -0.1) is 0 Å². The second-order valence-corrected chi connectivity index (χ2v) is 6.78. The normalized spacial score (nSPS) is 24.7. The van der Waals surface area contributed by atoms with Gasteiger partial charge >= 0.3 is 5.97 Å². The van der Waals surface area contributed by atoms with Gasteiger partial charge in [-0.2, -0.15) is 0 Å². The van der Waals surface area contributed by atoms with Crippen LogP contribution in [-0.2, 0) is 37.0 Å². The van der Waals surface area contributed by atoms with Gasteiger partial charge < -0.3 is 18.9 Å². The highest BCUT2D eigenvalue weighted by Gasteiger charge is 2.46. The summed E-state index contributed by atoms with van der Waals surface area (Å²) in [6, 6.07) is 19.6. The lowest BCUT2D eigenvalue weighted by Gasteiger charge is -2.24. The number of carbonyl (C=O) groups excluding carboxylic acids is 1. The van der Waals surface area contributed by atoms with E-state index in [1.807, 2.05) is 60.7 Å². The number of hydrogen-bond acceptors (Lipinski definition) is 5. The van der Waals surface area contributed by atoms with Crippen molar-refractivity contribution in [1.29, 1.82) is 0 Å². The average molecular weight is 391 g/mol. The molecular weight excluding hydrogens is 368 g/mol. The molecule has 6 heteroatoms. The molecule has 4 atom stereocenters. The molecular formula is C21H23ClO5. The largest absolute Gasteiger partial charge is 0.463 e. The molecule has 0 spiro atoms. The summed E-state index contributed by atoms with van der Waals surface area (Å²) in [4.78, 5) is 11.2. The van der Waals surface area contributed by atoms with Crippen molar-refractivity contribution in [3.63, 3.8) is 0 Å². The molecule has 3 rings (SSSR count). The van der Waals surface area contributed by atoms with Crippen LogP contribution in [0.15, 0.2) is 60.7 Å². The maximum Gasteiger partial charge on any atom is 0.302 e. The number of hydrogen-bond donors (Lipinski definition) is 0. The van der Waals surface area contributed by atoms with Crippen LogP contribution in [0.4, 0.5) is 0 Å². The van der Waals surface area contributed by atoms with Crippen molar-refractivity contribution in [3.05, 3.63) is 71.8 Å². The van der Waals surface area contributed by atoms with Gasteiger partial charge in [-0.25, -0.2) is 0 Å². The zero-order valence-corrected chi connectivity index (χ0v) is 15.9. The van der Waals surface area contributed by atoms with Crippen molar-refractivity contribution in [3.8, 4) is 0 Å². The molecule has 2 aromatic rings. The molecule has 144 valence electrons. The van der Waals surface area contributed by atoms with E-state index in [1.54, 1.807) is 0 Å². The van der Waals surface area contributed by atoms with Crippen molar-refractivity contribution in [2.75, 3.05) is 6.61 Å². The molecule has 0 aliphatic carbocycles. The van der Waals surface area contributed by atoms with Crippen molar-refractivity contribution >= 4 is 17.6 Å². The average Bonchev–Trinajstić information content (AvgIpc) is 2.99. The van der Waals surface area contributed by atoms with Crippen LogP contribution in [-0.4, -0.2) is 36.5 Å². The summed E-state index contributed by atoms with van der Waals surface area (Å²) in [5.74, 6) is -0.375. The second-order valence-electron chi connectivity index (χ2n) is 6.35. The van der Waals surface area contributed by atoms with Crippen molar-refractivity contribution in [2.45, 2.75) is 44.0 Å². The van der Waals surface area contributed by atoms with Crippen molar-refractivity contribution in [1.82, 2.24) is 0 Å². The summed E-state index contributed by atoms with van der Waals surface area (Å²) < 4.78 is 23.0. The zero-order valence-electron chi connectivity index (χ0n) is 15.1. The lowest BCUT2D eigenvalue weighted by molar-refractivity contribution is -0.147. The van der Waals surface area contributed by atoms with Crippen LogP contribution >= 0.6 is 11.6 Å². The Hall–Kier alpha value is -1.92. The first-order valence-electron chi connectivity index (χ1n) is 8.87. The minimum absolute atomic E-state index is 0.0726. The molecule has 0 unspecified atom stereocenters. The first kappa shape index (κ1) is 19.8. The standard InChI is InChI=1S/C21H23ClO5/c1-15(23)24-14-18-19(25-12-16-8-4-2-5-9-16)20(21(22)27-18)26-13-17-10-6-3-7-11-17/h2-11,18-21H,12-14H2,1H3/t18-,19-,20+,21+/m1/s1. The van der Waals surface area contributed by atoms with Gasteiger partial charge in [-0.05, 0) is 11.1 Å². The molecule has 1 heterocycles. The molecule has 2 aromatic carbocycles. The molecule has 1 saturated heterocycles. The Balaban J connectivity index is 1.66. The van der Waals surface area contributed by atoms with E-state index in [0.29, 0.717) is 13.2 Å². The molecule has 0 amide bonds. The first-order valence-corrected chi connectivity index (χ1v) is 9.31. The summed E-state index contributed by atoms with van der Waals surface area (Å²) in [6.45, 7) is 2.21. The fourth-order valence-corrected chi connectivity index (χ4v) is 3.27. The Labute approximate surface area is 164 Å². The lowest BCUT2D eigenvalue weighted by Crippen LogP contribution is -2.38. The van der Waals surface area contributed by atoms with E-state index in [0.717, 1.165) is 11.1 Å². The SMILES string of the molecule is CC(=O)OC[C@H]1O[C@H](Cl)[C@@H](OCc2ccccc2)[C@@H]1OCc1ccccc1. The Kier molecular flexibility index (Phi) is 7.24. The van der Waals surface area contributed by atoms with Gasteiger partial charge in [0.1, 0.15) is 24.9 Å². The smallest absolute Gasteiger partial charge is 0.302 e. The van der Waals surface area contributed by atoms with Gasteiger partial charge in [0.25, 0.3) is 0 Å². The molecule has 1 aliphatic rings. The van der Waals surface area contributed by atoms with Gasteiger partial charge in [-0.1, -0.05) is 72.3 Å². The van der Waals surface area contributed by atoms with E-state index in [1.165, 1.54) is 6.92 Å². The highest BCUT2D eigenvalue weighted by atomic mass is 35.5. The molecule has 0 radical (unpaired) electrons. The van der Waals surface area contributed by atoms with Gasteiger partial charge in [0.15, 0.2) is 5.56 Å². The van der Waals surface area contributed by atoms with Gasteiger partial charge in [0, 0.05) is 6.92 Å². The quantitative estimate of drug-likeness (QED) is 0.508. The monoisotopic (exact) mass is 390 g/mol. The molecule has 0 aromatic heterocycles. The number of alkyl halides is 1. The van der Waals surface area contributed by atoms with E-state index < -0.39 is 23.9 Å². The number of carbonyl (C=O) groups is 1. The Morgan fingerprint density at radius 2 is 1.44 bits per heavy atom. The third-order valence-electron chi connectivity index (χ3n) is 4.27. The summed E-state index contributed by atoms with van der Waals surface area (Å²) >= 11 is 6.36. The lowest BCUT2D eigenvalue weighted by atomic mass is 10.1. The summed E-state index contributed by atoms with van der Waals surface area (Å²) in [5.41, 5.74) is 1.38. The number of esters is 1. The molecule has 5 nitrogen and oxygen atoms in total. The van der Waals surface area contributed by atoms with Crippen LogP contribution in [0.2, 0.25) is 0 Å². The fraction of sp³-hybridized carbons (Fsp3) is 0.381. The molecule has 1 aliphatic heterocycles. The van der Waals surface area contributed by atoms with Crippen LogP contribution in [0.1, 0.15) is 18.1 Å². The van der Waals surface area contributed by atoms with E-state index in [4.69, 9.17) is 30.5 Å². The molecule has 1 fully saturated rings. The van der Waals surface area contributed by atoms with Crippen molar-refractivity contribution < 1.29 is 23.7 Å².